The monoisotopic (exact) mass is 553 g/mol. The summed E-state index contributed by atoms with van der Waals surface area (Å²) in [5.74, 6) is 0.863. The first kappa shape index (κ1) is 27.1. The molecule has 1 aliphatic heterocycles. The summed E-state index contributed by atoms with van der Waals surface area (Å²) in [5.41, 5.74) is 0.443. The van der Waals surface area contributed by atoms with E-state index in [4.69, 9.17) is 30.5 Å². The molecule has 0 unspecified atom stereocenters. The number of halogens is 1. The van der Waals surface area contributed by atoms with Gasteiger partial charge in [0.2, 0.25) is 21.9 Å². The van der Waals surface area contributed by atoms with Gasteiger partial charge in [0.1, 0.15) is 23.2 Å². The molecular formula is C22H28ClN7O6S. The zero-order chi connectivity index (χ0) is 26.6. The smallest absolute Gasteiger partial charge is 0.240 e. The van der Waals surface area contributed by atoms with Crippen LogP contribution in [0.1, 0.15) is 31.8 Å². The van der Waals surface area contributed by atoms with Crippen molar-refractivity contribution in [1.29, 1.82) is 0 Å². The Morgan fingerprint density at radius 3 is 2.57 bits per heavy atom. The van der Waals surface area contributed by atoms with Gasteiger partial charge in [-0.1, -0.05) is 17.7 Å². The van der Waals surface area contributed by atoms with Crippen LogP contribution < -0.4 is 9.46 Å². The van der Waals surface area contributed by atoms with Gasteiger partial charge in [0.15, 0.2) is 11.6 Å². The van der Waals surface area contributed by atoms with Gasteiger partial charge in [-0.05, 0) is 19.9 Å². The van der Waals surface area contributed by atoms with Crippen LogP contribution in [0.3, 0.4) is 0 Å². The van der Waals surface area contributed by atoms with Crippen molar-refractivity contribution in [2.24, 2.45) is 0 Å². The average molecular weight is 554 g/mol. The number of methoxy groups -OCH3 is 2. The molecule has 15 heteroatoms. The van der Waals surface area contributed by atoms with Crippen LogP contribution in [-0.4, -0.2) is 83.5 Å². The van der Waals surface area contributed by atoms with Gasteiger partial charge in [0.25, 0.3) is 0 Å². The van der Waals surface area contributed by atoms with Crippen molar-refractivity contribution in [2.75, 3.05) is 38.8 Å². The summed E-state index contributed by atoms with van der Waals surface area (Å²) >= 11 is 5.87. The lowest BCUT2D eigenvalue weighted by molar-refractivity contribution is -0.104. The summed E-state index contributed by atoms with van der Waals surface area (Å²) in [5, 5.41) is 7.63. The molecule has 1 fully saturated rings. The maximum absolute atomic E-state index is 13.5. The molecule has 0 saturated carbocycles. The lowest BCUT2D eigenvalue weighted by Gasteiger charge is -2.30. The van der Waals surface area contributed by atoms with E-state index in [1.807, 2.05) is 6.92 Å². The number of sulfonamides is 1. The number of rotatable bonds is 10. The molecule has 1 N–H and O–H groups in total. The Bertz CT molecular complexity index is 1300. The first-order chi connectivity index (χ1) is 17.7. The van der Waals surface area contributed by atoms with E-state index in [2.05, 4.69) is 29.9 Å². The van der Waals surface area contributed by atoms with E-state index in [0.717, 1.165) is 0 Å². The maximum Gasteiger partial charge on any atom is 0.240 e. The second-order valence-corrected chi connectivity index (χ2v) is 10.7. The number of ether oxygens (including phenoxy) is 4. The molecule has 3 aromatic heterocycles. The predicted octanol–water partition coefficient (Wildman–Crippen LogP) is 2.29. The van der Waals surface area contributed by atoms with Crippen LogP contribution in [0.4, 0.5) is 5.95 Å². The Kier molecular flexibility index (Phi) is 8.54. The van der Waals surface area contributed by atoms with E-state index >= 15 is 0 Å². The zero-order valence-electron chi connectivity index (χ0n) is 20.7. The van der Waals surface area contributed by atoms with E-state index in [0.29, 0.717) is 42.2 Å². The summed E-state index contributed by atoms with van der Waals surface area (Å²) in [4.78, 5) is 12.7. The van der Waals surface area contributed by atoms with E-state index in [9.17, 15) is 8.42 Å². The first-order valence-corrected chi connectivity index (χ1v) is 13.3. The van der Waals surface area contributed by atoms with Crippen molar-refractivity contribution in [1.82, 2.24) is 29.7 Å². The SMILES string of the molecule is COc1cccc(-c2nnc(NS(=O)(=O)[C@@H](C)[C@H](OC)c3ncc(Cl)cn3)n2[C@@H](C)[C@H]2COCCO2)n1. The van der Waals surface area contributed by atoms with Gasteiger partial charge in [-0.25, -0.2) is 23.4 Å². The fourth-order valence-corrected chi connectivity index (χ4v) is 5.12. The number of aromatic nitrogens is 6. The number of hydrogen-bond acceptors (Lipinski definition) is 11. The maximum atomic E-state index is 13.5. The highest BCUT2D eigenvalue weighted by Crippen LogP contribution is 2.31. The summed E-state index contributed by atoms with van der Waals surface area (Å²) in [7, 11) is -1.19. The van der Waals surface area contributed by atoms with Crippen LogP contribution in [0, 0.1) is 0 Å². The topological polar surface area (TPSA) is 152 Å². The molecule has 4 rings (SSSR count). The van der Waals surface area contributed by atoms with E-state index in [1.54, 1.807) is 22.8 Å². The third kappa shape index (κ3) is 5.99. The van der Waals surface area contributed by atoms with Crippen molar-refractivity contribution in [3.63, 3.8) is 0 Å². The first-order valence-electron chi connectivity index (χ1n) is 11.4. The molecule has 3 aromatic rings. The molecule has 37 heavy (non-hydrogen) atoms. The molecule has 0 spiro atoms. The van der Waals surface area contributed by atoms with Crippen molar-refractivity contribution in [2.45, 2.75) is 37.3 Å². The van der Waals surface area contributed by atoms with E-state index < -0.39 is 27.4 Å². The van der Waals surface area contributed by atoms with Crippen molar-refractivity contribution in [3.05, 3.63) is 41.4 Å². The van der Waals surface area contributed by atoms with Crippen LogP contribution in [0.5, 0.6) is 5.88 Å². The zero-order valence-corrected chi connectivity index (χ0v) is 22.3. The van der Waals surface area contributed by atoms with Gasteiger partial charge in [-0.2, -0.15) is 0 Å². The second-order valence-electron chi connectivity index (χ2n) is 8.28. The highest BCUT2D eigenvalue weighted by Gasteiger charge is 2.36. The minimum absolute atomic E-state index is 0.0139. The summed E-state index contributed by atoms with van der Waals surface area (Å²) in [6.07, 6.45) is 1.41. The Hall–Kier alpha value is -2.91. The largest absolute Gasteiger partial charge is 0.481 e. The average Bonchev–Trinajstić information content (AvgIpc) is 3.32. The van der Waals surface area contributed by atoms with Gasteiger partial charge in [0, 0.05) is 25.6 Å². The van der Waals surface area contributed by atoms with Crippen LogP contribution in [0.25, 0.3) is 11.5 Å². The minimum Gasteiger partial charge on any atom is -0.481 e. The highest BCUT2D eigenvalue weighted by molar-refractivity contribution is 7.93. The number of nitrogens with one attached hydrogen (secondary N) is 1. The molecule has 4 heterocycles. The standard InChI is InChI=1S/C22H28ClN7O6S/c1-13(17-12-35-8-9-36-17)30-21(16-6-5-7-18(26-16)33-3)27-28-22(30)29-37(31,32)14(2)19(34-4)20-24-10-15(23)11-25-20/h5-7,10-11,13-14,17,19H,8-9,12H2,1-4H3,(H,28,29)/t13-,14-,17+,19-/m0/s1. The molecule has 13 nitrogen and oxygen atoms in total. The fourth-order valence-electron chi connectivity index (χ4n) is 3.88. The molecule has 4 atom stereocenters. The Balaban J connectivity index is 1.70. The molecule has 1 saturated heterocycles. The van der Waals surface area contributed by atoms with Crippen molar-refractivity contribution < 1.29 is 27.4 Å². The number of anilines is 1. The van der Waals surface area contributed by atoms with Gasteiger partial charge in [-0.15, -0.1) is 10.2 Å². The third-order valence-electron chi connectivity index (χ3n) is 5.94. The molecule has 0 amide bonds. The van der Waals surface area contributed by atoms with Crippen molar-refractivity contribution >= 4 is 27.6 Å². The van der Waals surface area contributed by atoms with Gasteiger partial charge >= 0.3 is 0 Å². The van der Waals surface area contributed by atoms with Crippen LogP contribution >= 0.6 is 11.6 Å². The highest BCUT2D eigenvalue weighted by atomic mass is 35.5. The molecular weight excluding hydrogens is 526 g/mol. The molecule has 0 aliphatic carbocycles. The Morgan fingerprint density at radius 1 is 1.16 bits per heavy atom. The molecule has 200 valence electrons. The molecule has 0 bridgehead atoms. The minimum atomic E-state index is -4.08. The molecule has 1 aliphatic rings. The number of pyridine rings is 1. The summed E-state index contributed by atoms with van der Waals surface area (Å²) < 4.78 is 53.3. The quantitative estimate of drug-likeness (QED) is 0.393. The Labute approximate surface area is 219 Å². The van der Waals surface area contributed by atoms with E-state index in [1.165, 1.54) is 33.5 Å². The lowest BCUT2D eigenvalue weighted by Crippen LogP contribution is -2.37. The summed E-state index contributed by atoms with van der Waals surface area (Å²) in [6, 6.07) is 4.77. The van der Waals surface area contributed by atoms with E-state index in [-0.39, 0.29) is 17.9 Å². The molecule has 0 aromatic carbocycles. The van der Waals surface area contributed by atoms with Gasteiger partial charge < -0.3 is 18.9 Å². The van der Waals surface area contributed by atoms with Crippen LogP contribution in [0.15, 0.2) is 30.6 Å². The number of nitrogens with zero attached hydrogens (tertiary/aromatic N) is 6. The van der Waals surface area contributed by atoms with Gasteiger partial charge in [-0.3, -0.25) is 9.29 Å². The third-order valence-corrected chi connectivity index (χ3v) is 7.83. The lowest BCUT2D eigenvalue weighted by atomic mass is 10.1. The van der Waals surface area contributed by atoms with Crippen molar-refractivity contribution in [3.8, 4) is 17.4 Å². The van der Waals surface area contributed by atoms with Gasteiger partial charge in [0.05, 0.1) is 38.0 Å². The second kappa shape index (κ2) is 11.6. The van der Waals surface area contributed by atoms with Crippen LogP contribution in [-0.2, 0) is 24.2 Å². The predicted molar refractivity (Wildman–Crippen MR) is 134 cm³/mol. The Morgan fingerprint density at radius 2 is 1.92 bits per heavy atom. The molecule has 0 radical (unpaired) electrons. The summed E-state index contributed by atoms with van der Waals surface area (Å²) in [6.45, 7) is 4.58. The fraction of sp³-hybridized carbons (Fsp3) is 0.500. The normalized spacial score (nSPS) is 18.7. The number of hydrogen-bond donors (Lipinski definition) is 1. The van der Waals surface area contributed by atoms with Crippen LogP contribution in [0.2, 0.25) is 5.02 Å².